The molecule has 0 bridgehead atoms. The molecule has 0 spiro atoms. The number of rotatable bonds is 9. The number of Topliss-reactive ketones (excluding diaryl/α,β-unsaturated/α-hetero) is 2. The molecule has 1 rings (SSSR count). The lowest BCUT2D eigenvalue weighted by atomic mass is 9.89. The van der Waals surface area contributed by atoms with Gasteiger partial charge in [-0.05, 0) is 38.8 Å². The van der Waals surface area contributed by atoms with Crippen molar-refractivity contribution in [2.45, 2.75) is 79.6 Å². The second kappa shape index (κ2) is 10.5. The summed E-state index contributed by atoms with van der Waals surface area (Å²) in [5, 5.41) is 2.52. The van der Waals surface area contributed by atoms with Gasteiger partial charge in [0.1, 0.15) is 12.4 Å². The molecule has 0 saturated carbocycles. The fourth-order valence-electron chi connectivity index (χ4n) is 2.32. The second-order valence-electron chi connectivity index (χ2n) is 9.29. The van der Waals surface area contributed by atoms with Gasteiger partial charge in [-0.2, -0.15) is 0 Å². The molecule has 0 radical (unpaired) electrons. The third-order valence-electron chi connectivity index (χ3n) is 4.29. The van der Waals surface area contributed by atoms with Crippen LogP contribution in [0.15, 0.2) is 24.3 Å². The monoisotopic (exact) mass is 405 g/mol. The Bertz CT molecular complexity index is 695. The first-order valence-electron chi connectivity index (χ1n) is 9.99. The smallest absolute Gasteiger partial charge is 0.407 e. The van der Waals surface area contributed by atoms with Gasteiger partial charge in [0.2, 0.25) is 0 Å². The zero-order chi connectivity index (χ0) is 22.2. The van der Waals surface area contributed by atoms with Crippen LogP contribution in [-0.4, -0.2) is 35.9 Å². The molecule has 0 saturated heterocycles. The zero-order valence-corrected chi connectivity index (χ0v) is 18.8. The number of nitrogens with one attached hydrogen (secondary N) is 1. The first-order valence-corrected chi connectivity index (χ1v) is 9.99. The summed E-state index contributed by atoms with van der Waals surface area (Å²) in [5.74, 6) is -0.0998. The van der Waals surface area contributed by atoms with E-state index in [1.807, 2.05) is 65.8 Å². The molecule has 0 aliphatic rings. The molecule has 1 N–H and O–H groups in total. The fourth-order valence-corrected chi connectivity index (χ4v) is 2.32. The molecule has 0 unspecified atom stereocenters. The third kappa shape index (κ3) is 10.2. The molecular formula is C23H35NO5. The number of hydrogen-bond donors (Lipinski definition) is 1. The number of ketones is 2. The van der Waals surface area contributed by atoms with Crippen molar-refractivity contribution >= 4 is 17.7 Å². The highest BCUT2D eigenvalue weighted by Gasteiger charge is 2.22. The van der Waals surface area contributed by atoms with Crippen molar-refractivity contribution in [3.05, 3.63) is 35.4 Å². The summed E-state index contributed by atoms with van der Waals surface area (Å²) >= 11 is 0. The van der Waals surface area contributed by atoms with E-state index in [0.29, 0.717) is 6.61 Å². The molecule has 6 heteroatoms. The fraction of sp³-hybridized carbons (Fsp3) is 0.609. The summed E-state index contributed by atoms with van der Waals surface area (Å²) in [6.07, 6.45) is -0.322. The van der Waals surface area contributed by atoms with Crippen LogP contribution in [0.5, 0.6) is 0 Å². The van der Waals surface area contributed by atoms with Gasteiger partial charge in [-0.25, -0.2) is 4.79 Å². The summed E-state index contributed by atoms with van der Waals surface area (Å²) < 4.78 is 10.7. The lowest BCUT2D eigenvalue weighted by Crippen LogP contribution is -2.40. The topological polar surface area (TPSA) is 81.7 Å². The summed E-state index contributed by atoms with van der Waals surface area (Å²) in [5.41, 5.74) is 1.24. The molecule has 0 fully saturated rings. The van der Waals surface area contributed by atoms with Crippen LogP contribution in [0.3, 0.4) is 0 Å². The number of benzene rings is 1. The van der Waals surface area contributed by atoms with Crippen LogP contribution in [0.25, 0.3) is 0 Å². The lowest BCUT2D eigenvalue weighted by molar-refractivity contribution is -0.127. The molecule has 1 atom stereocenters. The minimum atomic E-state index is -0.692. The minimum Gasteiger partial charge on any atom is -0.449 e. The van der Waals surface area contributed by atoms with Crippen molar-refractivity contribution in [3.8, 4) is 0 Å². The van der Waals surface area contributed by atoms with Gasteiger partial charge in [-0.15, -0.1) is 0 Å². The highest BCUT2D eigenvalue weighted by Crippen LogP contribution is 2.16. The standard InChI is InChI=1S/C23H35NO5/c1-16(24-21(27)28-13-12-20(26)22(2,3)4)19(25)14-17-8-10-18(11-9-17)15-29-23(5,6)7/h8-11,16H,12-15H2,1-7H3,(H,24,27)/t16-/m1/s1. The van der Waals surface area contributed by atoms with Crippen LogP contribution in [0, 0.1) is 5.41 Å². The Labute approximate surface area is 174 Å². The highest BCUT2D eigenvalue weighted by atomic mass is 16.5. The first-order chi connectivity index (χ1) is 13.3. The molecule has 162 valence electrons. The molecule has 0 aliphatic heterocycles. The van der Waals surface area contributed by atoms with E-state index in [4.69, 9.17) is 9.47 Å². The number of carbonyl (C=O) groups is 3. The molecular weight excluding hydrogens is 370 g/mol. The van der Waals surface area contributed by atoms with Gasteiger partial charge in [0.05, 0.1) is 18.2 Å². The number of hydrogen-bond acceptors (Lipinski definition) is 5. The van der Waals surface area contributed by atoms with E-state index in [9.17, 15) is 14.4 Å². The molecule has 29 heavy (non-hydrogen) atoms. The Hall–Kier alpha value is -2.21. The van der Waals surface area contributed by atoms with Crippen LogP contribution >= 0.6 is 0 Å². The summed E-state index contributed by atoms with van der Waals surface area (Å²) in [6, 6.07) is 6.98. The van der Waals surface area contributed by atoms with E-state index < -0.39 is 17.6 Å². The maximum Gasteiger partial charge on any atom is 0.407 e. The molecule has 1 aromatic rings. The molecule has 0 aliphatic carbocycles. The Morgan fingerprint density at radius 3 is 2.03 bits per heavy atom. The van der Waals surface area contributed by atoms with Crippen molar-refractivity contribution < 1.29 is 23.9 Å². The maximum atomic E-state index is 12.4. The third-order valence-corrected chi connectivity index (χ3v) is 4.29. The van der Waals surface area contributed by atoms with Crippen LogP contribution in [0.1, 0.15) is 66.0 Å². The lowest BCUT2D eigenvalue weighted by Gasteiger charge is -2.19. The Morgan fingerprint density at radius 2 is 1.52 bits per heavy atom. The van der Waals surface area contributed by atoms with Crippen molar-refractivity contribution in [3.63, 3.8) is 0 Å². The van der Waals surface area contributed by atoms with Gasteiger partial charge in [0.25, 0.3) is 0 Å². The second-order valence-corrected chi connectivity index (χ2v) is 9.29. The average molecular weight is 406 g/mol. The normalized spacial score (nSPS) is 12.9. The maximum absolute atomic E-state index is 12.4. The highest BCUT2D eigenvalue weighted by molar-refractivity contribution is 5.88. The molecule has 0 aromatic heterocycles. The Morgan fingerprint density at radius 1 is 0.966 bits per heavy atom. The van der Waals surface area contributed by atoms with Crippen molar-refractivity contribution in [1.29, 1.82) is 0 Å². The predicted octanol–water partition coefficient (Wildman–Crippen LogP) is 4.23. The van der Waals surface area contributed by atoms with E-state index in [2.05, 4.69) is 5.32 Å². The van der Waals surface area contributed by atoms with E-state index >= 15 is 0 Å². The molecule has 6 nitrogen and oxygen atoms in total. The Balaban J connectivity index is 2.41. The van der Waals surface area contributed by atoms with E-state index in [0.717, 1.165) is 11.1 Å². The number of alkyl carbamates (subject to hydrolysis) is 1. The largest absolute Gasteiger partial charge is 0.449 e. The van der Waals surface area contributed by atoms with Gasteiger partial charge in [-0.1, -0.05) is 45.0 Å². The van der Waals surface area contributed by atoms with Crippen molar-refractivity contribution in [2.75, 3.05) is 6.61 Å². The van der Waals surface area contributed by atoms with Gasteiger partial charge in [-0.3, -0.25) is 9.59 Å². The van der Waals surface area contributed by atoms with Crippen LogP contribution < -0.4 is 5.32 Å². The zero-order valence-electron chi connectivity index (χ0n) is 18.8. The first kappa shape index (κ1) is 24.8. The quantitative estimate of drug-likeness (QED) is 0.665. The molecule has 0 heterocycles. The van der Waals surface area contributed by atoms with Crippen LogP contribution in [0.2, 0.25) is 0 Å². The molecule has 1 amide bonds. The van der Waals surface area contributed by atoms with Crippen LogP contribution in [-0.2, 0) is 32.1 Å². The minimum absolute atomic E-state index is 0.000938. The SMILES string of the molecule is C[C@@H](NC(=O)OCCC(=O)C(C)(C)C)C(=O)Cc1ccc(COC(C)(C)C)cc1. The van der Waals surface area contributed by atoms with Gasteiger partial charge >= 0.3 is 6.09 Å². The average Bonchev–Trinajstić information content (AvgIpc) is 2.59. The van der Waals surface area contributed by atoms with Gasteiger partial charge < -0.3 is 14.8 Å². The van der Waals surface area contributed by atoms with Crippen molar-refractivity contribution in [2.24, 2.45) is 5.41 Å². The van der Waals surface area contributed by atoms with Gasteiger partial charge in [0.15, 0.2) is 5.78 Å². The predicted molar refractivity (Wildman–Crippen MR) is 113 cm³/mol. The van der Waals surface area contributed by atoms with E-state index in [1.54, 1.807) is 6.92 Å². The van der Waals surface area contributed by atoms with E-state index in [1.165, 1.54) is 0 Å². The number of carbonyl (C=O) groups excluding carboxylic acids is 3. The van der Waals surface area contributed by atoms with Gasteiger partial charge in [0, 0.05) is 18.3 Å². The summed E-state index contributed by atoms with van der Waals surface area (Å²) in [6.45, 7) is 13.6. The van der Waals surface area contributed by atoms with E-state index in [-0.39, 0.29) is 36.6 Å². The summed E-state index contributed by atoms with van der Waals surface area (Å²) in [4.78, 5) is 36.0. The van der Waals surface area contributed by atoms with Crippen LogP contribution in [0.4, 0.5) is 4.79 Å². The number of ether oxygens (including phenoxy) is 2. The molecule has 1 aromatic carbocycles. The number of amides is 1. The Kier molecular flexibility index (Phi) is 9.02. The summed E-state index contributed by atoms with van der Waals surface area (Å²) in [7, 11) is 0. The van der Waals surface area contributed by atoms with Crippen molar-refractivity contribution in [1.82, 2.24) is 5.32 Å².